The van der Waals surface area contributed by atoms with Crippen LogP contribution in [0, 0.1) is 17.2 Å². The Bertz CT molecular complexity index is 506. The average Bonchev–Trinajstić information content (AvgIpc) is 2.63. The van der Waals surface area contributed by atoms with Gasteiger partial charge in [0.05, 0.1) is 18.1 Å². The lowest BCUT2D eigenvalue weighted by Gasteiger charge is -2.35. The summed E-state index contributed by atoms with van der Waals surface area (Å²) in [5.74, 6) is 1.75. The van der Waals surface area contributed by atoms with Gasteiger partial charge in [0.15, 0.2) is 0 Å². The summed E-state index contributed by atoms with van der Waals surface area (Å²) >= 11 is 0. The van der Waals surface area contributed by atoms with Crippen molar-refractivity contribution >= 4 is 0 Å². The van der Waals surface area contributed by atoms with E-state index in [9.17, 15) is 5.26 Å². The second-order valence-electron chi connectivity index (χ2n) is 7.36. The molecule has 0 amide bonds. The predicted octanol–water partition coefficient (Wildman–Crippen LogP) is 6.40. The third kappa shape index (κ3) is 5.00. The van der Waals surface area contributed by atoms with Crippen molar-refractivity contribution in [2.24, 2.45) is 5.92 Å². The fourth-order valence-corrected chi connectivity index (χ4v) is 3.81. The summed E-state index contributed by atoms with van der Waals surface area (Å²) in [6, 6.07) is 11.0. The van der Waals surface area contributed by atoms with Gasteiger partial charge in [-0.1, -0.05) is 58.1 Å². The summed E-state index contributed by atoms with van der Waals surface area (Å²) in [5.41, 5.74) is 0.906. The van der Waals surface area contributed by atoms with Crippen LogP contribution in [-0.4, -0.2) is 6.61 Å². The van der Waals surface area contributed by atoms with Crippen molar-refractivity contribution in [1.29, 1.82) is 5.26 Å². The Labute approximate surface area is 148 Å². The Morgan fingerprint density at radius 2 is 1.71 bits per heavy atom. The minimum absolute atomic E-state index is 0.275. The van der Waals surface area contributed by atoms with E-state index in [1.807, 2.05) is 12.1 Å². The second-order valence-corrected chi connectivity index (χ2v) is 7.36. The molecule has 0 aromatic heterocycles. The van der Waals surface area contributed by atoms with Gasteiger partial charge in [-0.2, -0.15) is 5.26 Å². The van der Waals surface area contributed by atoms with Crippen LogP contribution in [0.4, 0.5) is 0 Å². The Morgan fingerprint density at radius 3 is 2.29 bits per heavy atom. The van der Waals surface area contributed by atoms with Gasteiger partial charge in [0.1, 0.15) is 5.75 Å². The lowest BCUT2D eigenvalue weighted by Crippen LogP contribution is -2.30. The molecule has 0 saturated heterocycles. The van der Waals surface area contributed by atoms with Crippen LogP contribution in [0.25, 0.3) is 0 Å². The van der Waals surface area contributed by atoms with E-state index >= 15 is 0 Å². The lowest BCUT2D eigenvalue weighted by atomic mass is 9.67. The monoisotopic (exact) mass is 327 g/mol. The summed E-state index contributed by atoms with van der Waals surface area (Å²) in [6.45, 7) is 5.21. The van der Waals surface area contributed by atoms with Crippen molar-refractivity contribution in [3.05, 3.63) is 29.8 Å². The molecule has 0 unspecified atom stereocenters. The van der Waals surface area contributed by atoms with Crippen LogP contribution < -0.4 is 4.74 Å². The van der Waals surface area contributed by atoms with Crippen LogP contribution in [0.3, 0.4) is 0 Å². The molecule has 0 heterocycles. The highest BCUT2D eigenvalue weighted by Gasteiger charge is 2.36. The zero-order chi connectivity index (χ0) is 17.3. The molecule has 0 N–H and O–H groups in total. The van der Waals surface area contributed by atoms with Gasteiger partial charge in [-0.3, -0.25) is 0 Å². The van der Waals surface area contributed by atoms with Crippen LogP contribution >= 0.6 is 0 Å². The third-order valence-electron chi connectivity index (χ3n) is 5.56. The second kappa shape index (κ2) is 9.72. The van der Waals surface area contributed by atoms with Gasteiger partial charge < -0.3 is 4.74 Å². The molecule has 2 heteroatoms. The van der Waals surface area contributed by atoms with E-state index < -0.39 is 0 Å². The van der Waals surface area contributed by atoms with Crippen molar-refractivity contribution in [2.45, 2.75) is 83.5 Å². The molecule has 1 aliphatic rings. The van der Waals surface area contributed by atoms with E-state index in [0.29, 0.717) is 0 Å². The SMILES string of the molecule is CCCCCC1CCC(C#N)(c2ccc(OCCCC)cc2)CC1. The minimum Gasteiger partial charge on any atom is -0.494 e. The molecule has 0 bridgehead atoms. The van der Waals surface area contributed by atoms with Gasteiger partial charge in [-0.25, -0.2) is 0 Å². The number of hydrogen-bond acceptors (Lipinski definition) is 2. The highest BCUT2D eigenvalue weighted by atomic mass is 16.5. The molecule has 0 radical (unpaired) electrons. The van der Waals surface area contributed by atoms with Gasteiger partial charge in [-0.05, 0) is 55.7 Å². The summed E-state index contributed by atoms with van der Waals surface area (Å²) < 4.78 is 5.74. The molecule has 1 saturated carbocycles. The summed E-state index contributed by atoms with van der Waals surface area (Å²) in [6.07, 6.45) is 12.0. The summed E-state index contributed by atoms with van der Waals surface area (Å²) in [5, 5.41) is 9.86. The first-order valence-corrected chi connectivity index (χ1v) is 9.88. The van der Waals surface area contributed by atoms with E-state index in [4.69, 9.17) is 4.74 Å². The third-order valence-corrected chi connectivity index (χ3v) is 5.56. The average molecular weight is 328 g/mol. The van der Waals surface area contributed by atoms with Crippen LogP contribution in [0.2, 0.25) is 0 Å². The standard InChI is InChI=1S/C22H33NO/c1-3-5-7-8-19-13-15-22(18-23,16-14-19)20-9-11-21(12-10-20)24-17-6-4-2/h9-12,19H,3-8,13-17H2,1-2H3. The lowest BCUT2D eigenvalue weighted by molar-refractivity contribution is 0.261. The highest BCUT2D eigenvalue weighted by Crippen LogP contribution is 2.42. The van der Waals surface area contributed by atoms with E-state index in [1.54, 1.807) is 0 Å². The largest absolute Gasteiger partial charge is 0.494 e. The first-order valence-electron chi connectivity index (χ1n) is 9.88. The van der Waals surface area contributed by atoms with E-state index in [-0.39, 0.29) is 5.41 Å². The zero-order valence-electron chi connectivity index (χ0n) is 15.5. The zero-order valence-corrected chi connectivity index (χ0v) is 15.5. The first-order chi connectivity index (χ1) is 11.7. The molecule has 1 aromatic carbocycles. The Balaban J connectivity index is 1.92. The molecule has 1 aliphatic carbocycles. The van der Waals surface area contributed by atoms with E-state index in [1.165, 1.54) is 44.1 Å². The molecular formula is C22H33NO. The maximum atomic E-state index is 9.86. The van der Waals surface area contributed by atoms with Crippen molar-refractivity contribution in [2.75, 3.05) is 6.61 Å². The molecule has 0 atom stereocenters. The number of benzene rings is 1. The highest BCUT2D eigenvalue weighted by molar-refractivity contribution is 5.37. The number of rotatable bonds is 9. The number of hydrogen-bond donors (Lipinski definition) is 0. The van der Waals surface area contributed by atoms with E-state index in [0.717, 1.165) is 44.0 Å². The first kappa shape index (κ1) is 18.8. The normalized spacial score (nSPS) is 23.6. The maximum absolute atomic E-state index is 9.86. The number of unbranched alkanes of at least 4 members (excludes halogenated alkanes) is 3. The van der Waals surface area contributed by atoms with Crippen LogP contribution in [0.15, 0.2) is 24.3 Å². The Hall–Kier alpha value is -1.49. The van der Waals surface area contributed by atoms with Gasteiger partial charge in [-0.15, -0.1) is 0 Å². The van der Waals surface area contributed by atoms with Crippen molar-refractivity contribution < 1.29 is 4.74 Å². The molecule has 2 nitrogen and oxygen atoms in total. The molecular weight excluding hydrogens is 294 g/mol. The van der Waals surface area contributed by atoms with Gasteiger partial charge in [0.2, 0.25) is 0 Å². The Morgan fingerprint density at radius 1 is 1.04 bits per heavy atom. The van der Waals surface area contributed by atoms with Crippen molar-refractivity contribution in [1.82, 2.24) is 0 Å². The van der Waals surface area contributed by atoms with Crippen LogP contribution in [-0.2, 0) is 5.41 Å². The van der Waals surface area contributed by atoms with Crippen LogP contribution in [0.1, 0.15) is 83.6 Å². The van der Waals surface area contributed by atoms with Crippen molar-refractivity contribution in [3.8, 4) is 11.8 Å². The number of nitrogens with zero attached hydrogens (tertiary/aromatic N) is 1. The molecule has 1 aromatic rings. The fourth-order valence-electron chi connectivity index (χ4n) is 3.81. The molecule has 0 spiro atoms. The quantitative estimate of drug-likeness (QED) is 0.492. The minimum atomic E-state index is -0.275. The molecule has 0 aliphatic heterocycles. The smallest absolute Gasteiger partial charge is 0.119 e. The van der Waals surface area contributed by atoms with Crippen molar-refractivity contribution in [3.63, 3.8) is 0 Å². The van der Waals surface area contributed by atoms with Gasteiger partial charge in [0, 0.05) is 0 Å². The van der Waals surface area contributed by atoms with E-state index in [2.05, 4.69) is 32.0 Å². The predicted molar refractivity (Wildman–Crippen MR) is 100 cm³/mol. The fraction of sp³-hybridized carbons (Fsp3) is 0.682. The molecule has 2 rings (SSSR count). The van der Waals surface area contributed by atoms with Crippen LogP contribution in [0.5, 0.6) is 5.75 Å². The number of ether oxygens (including phenoxy) is 1. The topological polar surface area (TPSA) is 33.0 Å². The summed E-state index contributed by atoms with van der Waals surface area (Å²) in [7, 11) is 0. The van der Waals surface area contributed by atoms with Gasteiger partial charge in [0.25, 0.3) is 0 Å². The van der Waals surface area contributed by atoms with Gasteiger partial charge >= 0.3 is 0 Å². The summed E-state index contributed by atoms with van der Waals surface area (Å²) in [4.78, 5) is 0. The molecule has 132 valence electrons. The maximum Gasteiger partial charge on any atom is 0.119 e. The Kier molecular flexibility index (Phi) is 7.63. The molecule has 1 fully saturated rings. The molecule has 24 heavy (non-hydrogen) atoms. The number of nitriles is 1.